The number of nitrogens with zero attached hydrogens (tertiary/aromatic N) is 1. The van der Waals surface area contributed by atoms with Crippen molar-refractivity contribution in [2.24, 2.45) is 11.8 Å². The highest BCUT2D eigenvalue weighted by Gasteiger charge is 2.69. The van der Waals surface area contributed by atoms with Crippen LogP contribution < -0.4 is 4.90 Å². The van der Waals surface area contributed by atoms with Gasteiger partial charge in [0, 0.05) is 5.92 Å². The molecule has 4 nitrogen and oxygen atoms in total. The van der Waals surface area contributed by atoms with Gasteiger partial charge in [-0.05, 0) is 41.3 Å². The molecular formula is C27H20F3NO3. The lowest BCUT2D eigenvalue weighted by Gasteiger charge is -2.55. The van der Waals surface area contributed by atoms with Crippen LogP contribution in [0.3, 0.4) is 0 Å². The zero-order valence-electron chi connectivity index (χ0n) is 18.1. The lowest BCUT2D eigenvalue weighted by molar-refractivity contribution is -0.137. The molecule has 3 aromatic rings. The SMILES string of the molecule is C[C@@H](O)C12c3ccccc3C(c3ccccc31)[C@H]1C(=O)N(c3ccccc3C(F)(F)F)C(=O)[C@@H]12. The number of imide groups is 1. The number of hydrogen-bond acceptors (Lipinski definition) is 3. The molecule has 2 amide bonds. The van der Waals surface area contributed by atoms with E-state index in [1.165, 1.54) is 12.1 Å². The summed E-state index contributed by atoms with van der Waals surface area (Å²) < 4.78 is 41.5. The Hall–Kier alpha value is -3.45. The summed E-state index contributed by atoms with van der Waals surface area (Å²) >= 11 is 0. The van der Waals surface area contributed by atoms with E-state index < -0.39 is 58.5 Å². The number of alkyl halides is 3. The molecule has 0 spiro atoms. The first-order chi connectivity index (χ1) is 16.2. The number of para-hydroxylation sites is 1. The van der Waals surface area contributed by atoms with Crippen molar-refractivity contribution in [2.75, 3.05) is 4.90 Å². The first-order valence-corrected chi connectivity index (χ1v) is 11.1. The minimum Gasteiger partial charge on any atom is -0.392 e. The number of hydrogen-bond donors (Lipinski definition) is 1. The molecule has 1 saturated heterocycles. The Bertz CT molecular complexity index is 1320. The van der Waals surface area contributed by atoms with Crippen molar-refractivity contribution >= 4 is 17.5 Å². The highest BCUT2D eigenvalue weighted by atomic mass is 19.4. The van der Waals surface area contributed by atoms with E-state index in [0.717, 1.165) is 34.4 Å². The molecule has 7 rings (SSSR count). The van der Waals surface area contributed by atoms with Crippen molar-refractivity contribution in [1.82, 2.24) is 0 Å². The van der Waals surface area contributed by atoms with Crippen LogP contribution in [0.5, 0.6) is 0 Å². The van der Waals surface area contributed by atoms with Crippen LogP contribution in [0.4, 0.5) is 18.9 Å². The second kappa shape index (κ2) is 6.79. The number of benzene rings is 3. The zero-order chi connectivity index (χ0) is 24.0. The van der Waals surface area contributed by atoms with Crippen molar-refractivity contribution in [1.29, 1.82) is 0 Å². The lowest BCUT2D eigenvalue weighted by atomic mass is 9.46. The molecule has 1 fully saturated rings. The minimum atomic E-state index is -4.74. The van der Waals surface area contributed by atoms with Gasteiger partial charge in [-0.25, -0.2) is 4.90 Å². The number of carbonyl (C=O) groups is 2. The average Bonchev–Trinajstić information content (AvgIpc) is 3.09. The van der Waals surface area contributed by atoms with Crippen LogP contribution in [-0.2, 0) is 21.2 Å². The molecule has 0 aromatic heterocycles. The van der Waals surface area contributed by atoms with E-state index in [2.05, 4.69) is 0 Å². The molecule has 1 N–H and O–H groups in total. The fourth-order valence-electron chi connectivity index (χ4n) is 6.69. The van der Waals surface area contributed by atoms with Gasteiger partial charge < -0.3 is 5.11 Å². The van der Waals surface area contributed by atoms with Crippen LogP contribution in [0.2, 0.25) is 0 Å². The maximum absolute atomic E-state index is 14.0. The summed E-state index contributed by atoms with van der Waals surface area (Å²) in [4.78, 5) is 28.5. The van der Waals surface area contributed by atoms with Gasteiger partial charge in [-0.1, -0.05) is 60.7 Å². The van der Waals surface area contributed by atoms with Crippen molar-refractivity contribution in [2.45, 2.75) is 30.5 Å². The van der Waals surface area contributed by atoms with Gasteiger partial charge in [0.1, 0.15) is 0 Å². The van der Waals surface area contributed by atoms with Gasteiger partial charge in [-0.2, -0.15) is 13.2 Å². The van der Waals surface area contributed by atoms with E-state index in [4.69, 9.17) is 0 Å². The Balaban J connectivity index is 1.65. The zero-order valence-corrected chi connectivity index (χ0v) is 18.1. The Labute approximate surface area is 193 Å². The standard InChI is InChI=1S/C27H20F3NO3/c1-14(32)26-17-10-4-2-8-15(17)21(16-9-3-5-11-18(16)26)22-23(26)25(34)31(24(22)33)20-13-7-6-12-19(20)27(28,29)30/h2-14,21-23,32H,1H3/t14-,21?,22-,23-,26?/m1/s1. The number of aliphatic hydroxyl groups excluding tert-OH is 1. The van der Waals surface area contributed by atoms with Crippen LogP contribution in [0.1, 0.15) is 40.7 Å². The van der Waals surface area contributed by atoms with Crippen molar-refractivity contribution < 1.29 is 27.9 Å². The predicted molar refractivity (Wildman–Crippen MR) is 118 cm³/mol. The molecule has 172 valence electrons. The van der Waals surface area contributed by atoms with Gasteiger partial charge in [-0.15, -0.1) is 0 Å². The number of aliphatic hydroxyl groups is 1. The summed E-state index contributed by atoms with van der Waals surface area (Å²) in [6.45, 7) is 1.58. The maximum Gasteiger partial charge on any atom is 0.418 e. The molecule has 3 aromatic carbocycles. The van der Waals surface area contributed by atoms with E-state index in [9.17, 15) is 27.9 Å². The van der Waals surface area contributed by atoms with E-state index in [0.29, 0.717) is 4.90 Å². The predicted octanol–water partition coefficient (Wildman–Crippen LogP) is 4.64. The van der Waals surface area contributed by atoms with Crippen LogP contribution in [0, 0.1) is 11.8 Å². The van der Waals surface area contributed by atoms with Gasteiger partial charge in [0.15, 0.2) is 0 Å². The number of halogens is 3. The summed E-state index contributed by atoms with van der Waals surface area (Å²) in [6, 6.07) is 19.4. The van der Waals surface area contributed by atoms with Crippen LogP contribution in [0.25, 0.3) is 0 Å². The number of anilines is 1. The van der Waals surface area contributed by atoms with Crippen molar-refractivity contribution in [3.8, 4) is 0 Å². The Morgan fingerprint density at radius 1 is 0.853 bits per heavy atom. The van der Waals surface area contributed by atoms with Crippen LogP contribution >= 0.6 is 0 Å². The number of rotatable bonds is 2. The second-order valence-electron chi connectivity index (χ2n) is 9.23. The third kappa shape index (κ3) is 2.37. The molecule has 2 bridgehead atoms. The van der Waals surface area contributed by atoms with Crippen LogP contribution in [-0.4, -0.2) is 23.0 Å². The fraction of sp³-hybridized carbons (Fsp3) is 0.259. The third-order valence-corrected chi connectivity index (χ3v) is 7.79. The number of amides is 2. The molecule has 3 atom stereocenters. The van der Waals surface area contributed by atoms with E-state index >= 15 is 0 Å². The summed E-state index contributed by atoms with van der Waals surface area (Å²) in [7, 11) is 0. The maximum atomic E-state index is 14.0. The van der Waals surface area contributed by atoms with E-state index in [1.807, 2.05) is 48.5 Å². The molecule has 4 aliphatic rings. The summed E-state index contributed by atoms with van der Waals surface area (Å²) in [6.07, 6.45) is -5.81. The average molecular weight is 463 g/mol. The Morgan fingerprint density at radius 3 is 1.94 bits per heavy atom. The van der Waals surface area contributed by atoms with Gasteiger partial charge in [-0.3, -0.25) is 9.59 Å². The van der Waals surface area contributed by atoms with Crippen molar-refractivity contribution in [3.05, 3.63) is 101 Å². The van der Waals surface area contributed by atoms with Crippen LogP contribution in [0.15, 0.2) is 72.8 Å². The Kier molecular flexibility index (Phi) is 4.22. The first kappa shape index (κ1) is 21.1. The third-order valence-electron chi connectivity index (χ3n) is 7.79. The highest BCUT2D eigenvalue weighted by molar-refractivity contribution is 6.24. The second-order valence-corrected chi connectivity index (χ2v) is 9.23. The molecular weight excluding hydrogens is 443 g/mol. The minimum absolute atomic E-state index is 0.465. The van der Waals surface area contributed by atoms with E-state index in [-0.39, 0.29) is 0 Å². The van der Waals surface area contributed by atoms with Crippen molar-refractivity contribution in [3.63, 3.8) is 0 Å². The Morgan fingerprint density at radius 2 is 1.38 bits per heavy atom. The normalized spacial score (nSPS) is 27.9. The van der Waals surface area contributed by atoms with Gasteiger partial charge in [0.05, 0.1) is 34.6 Å². The lowest BCUT2D eigenvalue weighted by Crippen LogP contribution is -2.58. The summed E-state index contributed by atoms with van der Waals surface area (Å²) in [5.41, 5.74) is 0.410. The molecule has 3 aliphatic carbocycles. The van der Waals surface area contributed by atoms with Gasteiger partial charge >= 0.3 is 6.18 Å². The molecule has 1 heterocycles. The van der Waals surface area contributed by atoms with Gasteiger partial charge in [0.2, 0.25) is 11.8 Å². The summed E-state index contributed by atoms with van der Waals surface area (Å²) in [5, 5.41) is 11.3. The topological polar surface area (TPSA) is 57.6 Å². The molecule has 34 heavy (non-hydrogen) atoms. The molecule has 0 radical (unpaired) electrons. The molecule has 1 aliphatic heterocycles. The monoisotopic (exact) mass is 463 g/mol. The number of carbonyl (C=O) groups excluding carboxylic acids is 2. The van der Waals surface area contributed by atoms with E-state index in [1.54, 1.807) is 6.92 Å². The van der Waals surface area contributed by atoms with Gasteiger partial charge in [0.25, 0.3) is 0 Å². The first-order valence-electron chi connectivity index (χ1n) is 11.1. The largest absolute Gasteiger partial charge is 0.418 e. The highest BCUT2D eigenvalue weighted by Crippen LogP contribution is 2.65. The quantitative estimate of drug-likeness (QED) is 0.564. The fourth-order valence-corrected chi connectivity index (χ4v) is 6.69. The molecule has 0 saturated carbocycles. The summed E-state index contributed by atoms with van der Waals surface area (Å²) in [5.74, 6) is -3.78. The molecule has 7 heteroatoms. The smallest absolute Gasteiger partial charge is 0.392 e. The molecule has 0 unspecified atom stereocenters.